The maximum absolute atomic E-state index is 11.5. The number of carbonyl (C=O) groups is 2. The predicted molar refractivity (Wildman–Crippen MR) is 77.6 cm³/mol. The third kappa shape index (κ3) is 6.75. The highest BCUT2D eigenvalue weighted by molar-refractivity contribution is 5.94. The molecule has 7 heteroatoms. The van der Waals surface area contributed by atoms with Gasteiger partial charge >= 0.3 is 6.03 Å². The van der Waals surface area contributed by atoms with E-state index in [0.717, 1.165) is 32.5 Å². The van der Waals surface area contributed by atoms with Crippen molar-refractivity contribution in [2.45, 2.75) is 32.2 Å². The van der Waals surface area contributed by atoms with E-state index in [1.165, 1.54) is 7.05 Å². The molecule has 0 aromatic heterocycles. The second-order valence-electron chi connectivity index (χ2n) is 4.56. The van der Waals surface area contributed by atoms with E-state index in [-0.39, 0.29) is 18.3 Å². The van der Waals surface area contributed by atoms with Crippen LogP contribution in [0.25, 0.3) is 0 Å². The van der Waals surface area contributed by atoms with Crippen LogP contribution in [0.1, 0.15) is 26.2 Å². The van der Waals surface area contributed by atoms with Crippen LogP contribution in [-0.2, 0) is 4.79 Å². The van der Waals surface area contributed by atoms with E-state index in [0.29, 0.717) is 19.0 Å². The van der Waals surface area contributed by atoms with Crippen molar-refractivity contribution < 1.29 is 9.59 Å². The summed E-state index contributed by atoms with van der Waals surface area (Å²) in [5.41, 5.74) is 0. The smallest absolute Gasteiger partial charge is 0.321 e. The zero-order chi connectivity index (χ0) is 13.4. The molecule has 3 N–H and O–H groups in total. The third-order valence-electron chi connectivity index (χ3n) is 3.17. The fourth-order valence-electron chi connectivity index (χ4n) is 2.21. The Labute approximate surface area is 121 Å². The van der Waals surface area contributed by atoms with Gasteiger partial charge in [0.2, 0.25) is 5.91 Å². The summed E-state index contributed by atoms with van der Waals surface area (Å²) < 4.78 is 0. The summed E-state index contributed by atoms with van der Waals surface area (Å²) in [6.07, 6.45) is 2.58. The van der Waals surface area contributed by atoms with Gasteiger partial charge in [0.1, 0.15) is 0 Å². The Morgan fingerprint density at radius 1 is 1.37 bits per heavy atom. The van der Waals surface area contributed by atoms with Gasteiger partial charge in [0.05, 0.1) is 0 Å². The highest BCUT2D eigenvalue weighted by Gasteiger charge is 2.22. The fraction of sp³-hybridized carbons (Fsp3) is 0.833. The minimum atomic E-state index is -0.440. The second-order valence-corrected chi connectivity index (χ2v) is 4.56. The molecule has 0 spiro atoms. The first-order valence-electron chi connectivity index (χ1n) is 6.63. The molecule has 0 radical (unpaired) electrons. The van der Waals surface area contributed by atoms with Gasteiger partial charge in [-0.2, -0.15) is 0 Å². The molecule has 6 nitrogen and oxygen atoms in total. The summed E-state index contributed by atoms with van der Waals surface area (Å²) in [6.45, 7) is 5.90. The van der Waals surface area contributed by atoms with Crippen LogP contribution in [0.15, 0.2) is 0 Å². The summed E-state index contributed by atoms with van der Waals surface area (Å²) in [7, 11) is 1.50. The summed E-state index contributed by atoms with van der Waals surface area (Å²) in [6, 6.07) is 0.0855. The number of hydrogen-bond acceptors (Lipinski definition) is 4. The van der Waals surface area contributed by atoms with Crippen LogP contribution in [0, 0.1) is 0 Å². The van der Waals surface area contributed by atoms with Gasteiger partial charge in [-0.25, -0.2) is 4.79 Å². The van der Waals surface area contributed by atoms with Gasteiger partial charge in [-0.1, -0.05) is 6.92 Å². The highest BCUT2D eigenvalue weighted by atomic mass is 35.5. The van der Waals surface area contributed by atoms with Crippen molar-refractivity contribution in [1.82, 2.24) is 20.9 Å². The Morgan fingerprint density at radius 2 is 2.11 bits per heavy atom. The lowest BCUT2D eigenvalue weighted by Gasteiger charge is -2.27. The Morgan fingerprint density at radius 3 is 2.63 bits per heavy atom. The number of carbonyl (C=O) groups excluding carboxylic acids is 2. The maximum Gasteiger partial charge on any atom is 0.321 e. The topological polar surface area (TPSA) is 73.5 Å². The van der Waals surface area contributed by atoms with E-state index < -0.39 is 6.03 Å². The molecule has 1 saturated heterocycles. The van der Waals surface area contributed by atoms with Crippen molar-refractivity contribution in [3.05, 3.63) is 0 Å². The van der Waals surface area contributed by atoms with Crippen LogP contribution >= 0.6 is 12.4 Å². The molecule has 3 amide bonds. The highest BCUT2D eigenvalue weighted by Crippen LogP contribution is 2.09. The predicted octanol–water partition coefficient (Wildman–Crippen LogP) is 0.328. The molecule has 0 aliphatic carbocycles. The average molecular weight is 293 g/mol. The number of nitrogens with one attached hydrogen (secondary N) is 3. The molecule has 0 bridgehead atoms. The molecule has 1 aliphatic rings. The zero-order valence-electron chi connectivity index (χ0n) is 11.7. The first-order chi connectivity index (χ1) is 8.67. The normalized spacial score (nSPS) is 17.9. The molecule has 112 valence electrons. The SMILES string of the molecule is CCCN(CCC(=O)NC(=O)NC)C1CCNC1.Cl. The molecule has 0 aromatic carbocycles. The molecule has 1 heterocycles. The zero-order valence-corrected chi connectivity index (χ0v) is 12.5. The van der Waals surface area contributed by atoms with Crippen LogP contribution in [0.5, 0.6) is 0 Å². The number of hydrogen-bond donors (Lipinski definition) is 3. The molecule has 1 unspecified atom stereocenters. The molecule has 1 aliphatic heterocycles. The largest absolute Gasteiger partial charge is 0.341 e. The van der Waals surface area contributed by atoms with Gasteiger partial charge in [0.15, 0.2) is 0 Å². The van der Waals surface area contributed by atoms with Gasteiger partial charge in [0, 0.05) is 32.6 Å². The standard InChI is InChI=1S/C12H24N4O2.ClH/c1-3-7-16(10-4-6-14-9-10)8-5-11(17)15-12(18)13-2;/h10,14H,3-9H2,1-2H3,(H2,13,15,17,18);1H. The molecular weight excluding hydrogens is 268 g/mol. The monoisotopic (exact) mass is 292 g/mol. The lowest BCUT2D eigenvalue weighted by molar-refractivity contribution is -0.120. The lowest BCUT2D eigenvalue weighted by Crippen LogP contribution is -2.42. The molecule has 19 heavy (non-hydrogen) atoms. The van der Waals surface area contributed by atoms with Crippen LogP contribution in [0.4, 0.5) is 4.79 Å². The Balaban J connectivity index is 0.00000324. The Hall–Kier alpha value is -0.850. The minimum Gasteiger partial charge on any atom is -0.341 e. The van der Waals surface area contributed by atoms with Crippen LogP contribution in [0.3, 0.4) is 0 Å². The van der Waals surface area contributed by atoms with Crippen molar-refractivity contribution in [1.29, 1.82) is 0 Å². The van der Waals surface area contributed by atoms with E-state index in [1.807, 2.05) is 0 Å². The number of nitrogens with zero attached hydrogens (tertiary/aromatic N) is 1. The number of rotatable bonds is 6. The van der Waals surface area contributed by atoms with Crippen molar-refractivity contribution in [2.24, 2.45) is 0 Å². The summed E-state index contributed by atoms with van der Waals surface area (Å²) in [5, 5.41) is 7.99. The van der Waals surface area contributed by atoms with Gasteiger partial charge < -0.3 is 10.6 Å². The second kappa shape index (κ2) is 10.00. The molecule has 0 aromatic rings. The number of imide groups is 1. The molecule has 1 atom stereocenters. The Kier molecular flexibility index (Phi) is 9.55. The van der Waals surface area contributed by atoms with Crippen LogP contribution in [-0.4, -0.2) is 56.1 Å². The first-order valence-corrected chi connectivity index (χ1v) is 6.63. The fourth-order valence-corrected chi connectivity index (χ4v) is 2.21. The van der Waals surface area contributed by atoms with Crippen molar-refractivity contribution in [2.75, 3.05) is 33.2 Å². The number of urea groups is 1. The van der Waals surface area contributed by atoms with Gasteiger partial charge in [0.25, 0.3) is 0 Å². The minimum absolute atomic E-state index is 0. The molecule has 1 fully saturated rings. The van der Waals surface area contributed by atoms with E-state index in [1.54, 1.807) is 0 Å². The average Bonchev–Trinajstić information content (AvgIpc) is 2.87. The van der Waals surface area contributed by atoms with Gasteiger partial charge in [-0.3, -0.25) is 15.0 Å². The molecular formula is C12H25ClN4O2. The van der Waals surface area contributed by atoms with Crippen LogP contribution < -0.4 is 16.0 Å². The summed E-state index contributed by atoms with van der Waals surface area (Å²) in [4.78, 5) is 24.8. The maximum atomic E-state index is 11.5. The van der Waals surface area contributed by atoms with Gasteiger partial charge in [-0.15, -0.1) is 12.4 Å². The van der Waals surface area contributed by atoms with E-state index in [9.17, 15) is 9.59 Å². The van der Waals surface area contributed by atoms with E-state index >= 15 is 0 Å². The molecule has 0 saturated carbocycles. The van der Waals surface area contributed by atoms with Crippen molar-refractivity contribution in [3.63, 3.8) is 0 Å². The summed E-state index contributed by atoms with van der Waals surface area (Å²) in [5.74, 6) is -0.221. The number of halogens is 1. The third-order valence-corrected chi connectivity index (χ3v) is 3.17. The number of amides is 3. The Bertz CT molecular complexity index is 283. The molecule has 1 rings (SSSR count). The van der Waals surface area contributed by atoms with Crippen molar-refractivity contribution in [3.8, 4) is 0 Å². The van der Waals surface area contributed by atoms with Gasteiger partial charge in [-0.05, 0) is 25.9 Å². The quantitative estimate of drug-likeness (QED) is 0.660. The first kappa shape index (κ1) is 18.1. The van der Waals surface area contributed by atoms with E-state index in [2.05, 4.69) is 27.8 Å². The summed E-state index contributed by atoms with van der Waals surface area (Å²) >= 11 is 0. The lowest BCUT2D eigenvalue weighted by atomic mass is 10.2. The van der Waals surface area contributed by atoms with E-state index in [4.69, 9.17) is 0 Å². The van der Waals surface area contributed by atoms with Crippen LogP contribution in [0.2, 0.25) is 0 Å². The van der Waals surface area contributed by atoms with Crippen molar-refractivity contribution >= 4 is 24.3 Å².